The number of carbonyl (C=O) groups excluding carboxylic acids is 1. The van der Waals surface area contributed by atoms with E-state index in [-0.39, 0.29) is 5.91 Å². The molecule has 1 saturated heterocycles. The lowest BCUT2D eigenvalue weighted by atomic mass is 9.92. The smallest absolute Gasteiger partial charge is 0.217 e. The lowest BCUT2D eigenvalue weighted by Crippen LogP contribution is -2.35. The van der Waals surface area contributed by atoms with Crippen LogP contribution in [0.3, 0.4) is 0 Å². The number of hydrogen-bond donors (Lipinski definition) is 2. The fraction of sp³-hybridized carbons (Fsp3) is 0.375. The van der Waals surface area contributed by atoms with E-state index in [1.54, 1.807) is 6.20 Å². The molecule has 110 valence electrons. The van der Waals surface area contributed by atoms with Crippen LogP contribution < -0.4 is 16.4 Å². The van der Waals surface area contributed by atoms with Crippen molar-refractivity contribution in [3.63, 3.8) is 0 Å². The summed E-state index contributed by atoms with van der Waals surface area (Å²) in [6.45, 7) is 1.87. The van der Waals surface area contributed by atoms with Crippen molar-refractivity contribution >= 4 is 28.1 Å². The molecule has 1 aromatic heterocycles. The Kier molecular flexibility index (Phi) is 3.64. The molecule has 0 radical (unpaired) electrons. The minimum absolute atomic E-state index is 0.199. The Bertz CT molecular complexity index is 662. The minimum Gasteiger partial charge on any atom is -0.398 e. The van der Waals surface area contributed by atoms with Crippen LogP contribution in [0.2, 0.25) is 0 Å². The van der Waals surface area contributed by atoms with Gasteiger partial charge in [0.05, 0.1) is 0 Å². The van der Waals surface area contributed by atoms with Crippen LogP contribution in [-0.2, 0) is 4.79 Å². The van der Waals surface area contributed by atoms with E-state index < -0.39 is 0 Å². The molecule has 5 heteroatoms. The number of nitrogens with zero attached hydrogens (tertiary/aromatic N) is 2. The van der Waals surface area contributed by atoms with Crippen LogP contribution >= 0.6 is 0 Å². The second kappa shape index (κ2) is 5.60. The molecule has 0 aliphatic carbocycles. The van der Waals surface area contributed by atoms with Gasteiger partial charge in [0, 0.05) is 54.1 Å². The molecule has 2 heterocycles. The molecule has 0 spiro atoms. The van der Waals surface area contributed by atoms with Gasteiger partial charge in [0.2, 0.25) is 5.91 Å². The van der Waals surface area contributed by atoms with Crippen molar-refractivity contribution in [2.45, 2.75) is 19.3 Å². The summed E-state index contributed by atoms with van der Waals surface area (Å²) in [5, 5.41) is 2.13. The average Bonchev–Trinajstić information content (AvgIpc) is 2.48. The van der Waals surface area contributed by atoms with Gasteiger partial charge in [-0.3, -0.25) is 9.78 Å². The number of fused-ring (bicyclic) bond motifs is 1. The third-order valence-electron chi connectivity index (χ3n) is 4.27. The van der Waals surface area contributed by atoms with E-state index in [0.717, 1.165) is 42.4 Å². The Labute approximate surface area is 123 Å². The van der Waals surface area contributed by atoms with E-state index in [1.165, 1.54) is 5.69 Å². The standard InChI is InChI=1S/C16H20N4O/c17-14-1-2-15(13-10-19-6-3-12(13)14)20-7-4-11(5-8-20)9-16(18)21/h1-3,6,10-11H,4-5,7-9,17H2,(H2,18,21). The van der Waals surface area contributed by atoms with Gasteiger partial charge in [-0.05, 0) is 37.0 Å². The number of benzene rings is 1. The monoisotopic (exact) mass is 284 g/mol. The van der Waals surface area contributed by atoms with E-state index in [1.807, 2.05) is 18.3 Å². The van der Waals surface area contributed by atoms with Gasteiger partial charge in [-0.25, -0.2) is 0 Å². The maximum Gasteiger partial charge on any atom is 0.217 e. The van der Waals surface area contributed by atoms with E-state index in [2.05, 4.69) is 16.0 Å². The van der Waals surface area contributed by atoms with Crippen LogP contribution in [0.1, 0.15) is 19.3 Å². The highest BCUT2D eigenvalue weighted by Crippen LogP contribution is 2.33. The second-order valence-electron chi connectivity index (χ2n) is 5.70. The highest BCUT2D eigenvalue weighted by atomic mass is 16.1. The lowest BCUT2D eigenvalue weighted by molar-refractivity contribution is -0.119. The molecule has 3 rings (SSSR count). The van der Waals surface area contributed by atoms with E-state index >= 15 is 0 Å². The summed E-state index contributed by atoms with van der Waals surface area (Å²) < 4.78 is 0. The number of carbonyl (C=O) groups is 1. The van der Waals surface area contributed by atoms with Crippen molar-refractivity contribution < 1.29 is 4.79 Å². The average molecular weight is 284 g/mol. The molecule has 21 heavy (non-hydrogen) atoms. The molecule has 0 saturated carbocycles. The summed E-state index contributed by atoms with van der Waals surface area (Å²) in [6.07, 6.45) is 6.13. The van der Waals surface area contributed by atoms with Crippen LogP contribution in [0.15, 0.2) is 30.6 Å². The third-order valence-corrected chi connectivity index (χ3v) is 4.27. The van der Waals surface area contributed by atoms with Gasteiger partial charge in [-0.2, -0.15) is 0 Å². The van der Waals surface area contributed by atoms with Crippen molar-refractivity contribution in [1.29, 1.82) is 0 Å². The number of primary amides is 1. The maximum atomic E-state index is 11.0. The Hall–Kier alpha value is -2.30. The molecule has 1 fully saturated rings. The van der Waals surface area contributed by atoms with Gasteiger partial charge in [0.1, 0.15) is 0 Å². The fourth-order valence-corrected chi connectivity index (χ4v) is 3.14. The van der Waals surface area contributed by atoms with Crippen LogP contribution in [0, 0.1) is 5.92 Å². The third kappa shape index (κ3) is 2.77. The number of amides is 1. The predicted molar refractivity (Wildman–Crippen MR) is 84.9 cm³/mol. The second-order valence-corrected chi connectivity index (χ2v) is 5.70. The van der Waals surface area contributed by atoms with Crippen LogP contribution in [-0.4, -0.2) is 24.0 Å². The highest BCUT2D eigenvalue weighted by molar-refractivity contribution is 6.00. The topological polar surface area (TPSA) is 85.2 Å². The van der Waals surface area contributed by atoms with Crippen molar-refractivity contribution in [2.75, 3.05) is 23.7 Å². The molecule has 2 aromatic rings. The summed E-state index contributed by atoms with van der Waals surface area (Å²) in [5.41, 5.74) is 13.3. The summed E-state index contributed by atoms with van der Waals surface area (Å²) in [4.78, 5) is 17.6. The van der Waals surface area contributed by atoms with Crippen molar-refractivity contribution in [3.05, 3.63) is 30.6 Å². The predicted octanol–water partition coefficient (Wildman–Crippen LogP) is 1.91. The van der Waals surface area contributed by atoms with Crippen molar-refractivity contribution in [1.82, 2.24) is 4.98 Å². The number of rotatable bonds is 3. The molecule has 0 bridgehead atoms. The molecular formula is C16H20N4O. The number of nitrogen functional groups attached to an aromatic ring is 1. The van der Waals surface area contributed by atoms with Crippen molar-refractivity contribution in [2.24, 2.45) is 11.7 Å². The van der Waals surface area contributed by atoms with Gasteiger partial charge in [-0.15, -0.1) is 0 Å². The number of anilines is 2. The molecule has 1 amide bonds. The first kappa shape index (κ1) is 13.7. The minimum atomic E-state index is -0.199. The Morgan fingerprint density at radius 3 is 2.71 bits per heavy atom. The number of hydrogen-bond acceptors (Lipinski definition) is 4. The molecule has 1 aliphatic rings. The zero-order valence-corrected chi connectivity index (χ0v) is 12.0. The van der Waals surface area contributed by atoms with Crippen LogP contribution in [0.5, 0.6) is 0 Å². The maximum absolute atomic E-state index is 11.0. The molecule has 1 aliphatic heterocycles. The largest absolute Gasteiger partial charge is 0.398 e. The Morgan fingerprint density at radius 2 is 2.00 bits per heavy atom. The first-order valence-electron chi connectivity index (χ1n) is 7.30. The number of piperidine rings is 1. The fourth-order valence-electron chi connectivity index (χ4n) is 3.14. The molecule has 1 aromatic carbocycles. The first-order chi connectivity index (χ1) is 10.1. The lowest BCUT2D eigenvalue weighted by Gasteiger charge is -2.34. The van der Waals surface area contributed by atoms with Gasteiger partial charge >= 0.3 is 0 Å². The highest BCUT2D eigenvalue weighted by Gasteiger charge is 2.22. The molecular weight excluding hydrogens is 264 g/mol. The molecule has 4 N–H and O–H groups in total. The first-order valence-corrected chi connectivity index (χ1v) is 7.30. The summed E-state index contributed by atoms with van der Waals surface area (Å²) in [5.74, 6) is 0.215. The summed E-state index contributed by atoms with van der Waals surface area (Å²) in [7, 11) is 0. The van der Waals surface area contributed by atoms with Gasteiger partial charge < -0.3 is 16.4 Å². The zero-order chi connectivity index (χ0) is 14.8. The Morgan fingerprint density at radius 1 is 1.24 bits per heavy atom. The summed E-state index contributed by atoms with van der Waals surface area (Å²) >= 11 is 0. The molecule has 5 nitrogen and oxygen atoms in total. The SMILES string of the molecule is NC(=O)CC1CCN(c2ccc(N)c3ccncc23)CC1. The van der Waals surface area contributed by atoms with E-state index in [4.69, 9.17) is 11.5 Å². The van der Waals surface area contributed by atoms with E-state index in [9.17, 15) is 4.79 Å². The number of aromatic nitrogens is 1. The molecule has 0 atom stereocenters. The van der Waals surface area contributed by atoms with Crippen molar-refractivity contribution in [3.8, 4) is 0 Å². The number of pyridine rings is 1. The Balaban J connectivity index is 1.83. The summed E-state index contributed by atoms with van der Waals surface area (Å²) in [6, 6.07) is 5.97. The van der Waals surface area contributed by atoms with Gasteiger partial charge in [-0.1, -0.05) is 0 Å². The zero-order valence-electron chi connectivity index (χ0n) is 12.0. The number of nitrogens with two attached hydrogens (primary N) is 2. The normalized spacial score (nSPS) is 16.3. The van der Waals surface area contributed by atoms with Gasteiger partial charge in [0.25, 0.3) is 0 Å². The quantitative estimate of drug-likeness (QED) is 0.843. The van der Waals surface area contributed by atoms with Crippen LogP contribution in [0.4, 0.5) is 11.4 Å². The van der Waals surface area contributed by atoms with E-state index in [0.29, 0.717) is 12.3 Å². The van der Waals surface area contributed by atoms with Crippen LogP contribution in [0.25, 0.3) is 10.8 Å². The van der Waals surface area contributed by atoms with Gasteiger partial charge in [0.15, 0.2) is 0 Å². The molecule has 0 unspecified atom stereocenters.